The van der Waals surface area contributed by atoms with Gasteiger partial charge in [0, 0.05) is 6.07 Å². The average molecular weight is 306 g/mol. The fraction of sp³-hybridized carbons (Fsp3) is 0.333. The molecule has 1 aromatic carbocycles. The molecule has 5 nitrogen and oxygen atoms in total. The predicted octanol–water partition coefficient (Wildman–Crippen LogP) is 2.58. The summed E-state index contributed by atoms with van der Waals surface area (Å²) < 4.78 is 26.5. The molecule has 0 saturated heterocycles. The normalized spacial score (nSPS) is 13.4. The number of benzene rings is 1. The van der Waals surface area contributed by atoms with Crippen LogP contribution in [0.5, 0.6) is 0 Å². The molecule has 0 heterocycles. The minimum Gasteiger partial charge on any atom is -0.409 e. The molecule has 0 bridgehead atoms. The first kappa shape index (κ1) is 16.2. The summed E-state index contributed by atoms with van der Waals surface area (Å²) in [6, 6.07) is 1.46. The number of halogens is 3. The Kier molecular flexibility index (Phi) is 5.26. The van der Waals surface area contributed by atoms with E-state index >= 15 is 0 Å². The van der Waals surface area contributed by atoms with Gasteiger partial charge in [0.25, 0.3) is 0 Å². The molecule has 1 aromatic rings. The first-order chi connectivity index (χ1) is 9.27. The first-order valence-corrected chi connectivity index (χ1v) is 6.08. The number of rotatable bonds is 4. The van der Waals surface area contributed by atoms with E-state index in [1.807, 2.05) is 0 Å². The van der Waals surface area contributed by atoms with Gasteiger partial charge in [-0.1, -0.05) is 30.6 Å². The molecule has 0 aliphatic carbocycles. The van der Waals surface area contributed by atoms with E-state index in [2.05, 4.69) is 10.5 Å². The number of anilines is 1. The molecule has 0 aliphatic rings. The monoisotopic (exact) mass is 305 g/mol. The van der Waals surface area contributed by atoms with Crippen LogP contribution >= 0.6 is 11.6 Å². The van der Waals surface area contributed by atoms with Crippen LogP contribution in [0.1, 0.15) is 13.8 Å². The zero-order valence-electron chi connectivity index (χ0n) is 10.8. The van der Waals surface area contributed by atoms with Gasteiger partial charge < -0.3 is 16.3 Å². The van der Waals surface area contributed by atoms with E-state index < -0.39 is 23.5 Å². The highest BCUT2D eigenvalue weighted by atomic mass is 35.5. The van der Waals surface area contributed by atoms with E-state index in [0.717, 1.165) is 6.07 Å². The number of nitrogens with two attached hydrogens (primary N) is 1. The summed E-state index contributed by atoms with van der Waals surface area (Å²) in [5.41, 5.74) is 5.07. The molecule has 1 amide bonds. The van der Waals surface area contributed by atoms with Gasteiger partial charge in [0.2, 0.25) is 5.91 Å². The summed E-state index contributed by atoms with van der Waals surface area (Å²) >= 11 is 5.67. The molecule has 0 radical (unpaired) electrons. The molecular weight excluding hydrogens is 292 g/mol. The van der Waals surface area contributed by atoms with Crippen molar-refractivity contribution in [2.75, 3.05) is 5.32 Å². The van der Waals surface area contributed by atoms with Crippen molar-refractivity contribution in [3.63, 3.8) is 0 Å². The zero-order valence-corrected chi connectivity index (χ0v) is 11.6. The second-order valence-corrected chi connectivity index (χ2v) is 4.89. The average Bonchev–Trinajstić information content (AvgIpc) is 2.33. The Morgan fingerprint density at radius 1 is 1.45 bits per heavy atom. The molecule has 0 aliphatic heterocycles. The number of oxime groups is 1. The van der Waals surface area contributed by atoms with Crippen LogP contribution in [0.4, 0.5) is 14.5 Å². The van der Waals surface area contributed by atoms with Crippen LogP contribution in [0.2, 0.25) is 5.02 Å². The second-order valence-electron chi connectivity index (χ2n) is 4.48. The van der Waals surface area contributed by atoms with Gasteiger partial charge in [-0.05, 0) is 12.0 Å². The third-order valence-corrected chi connectivity index (χ3v) is 2.94. The van der Waals surface area contributed by atoms with Crippen molar-refractivity contribution < 1.29 is 18.8 Å². The van der Waals surface area contributed by atoms with Gasteiger partial charge in [-0.15, -0.1) is 0 Å². The number of hydrogen-bond donors (Lipinski definition) is 3. The Morgan fingerprint density at radius 3 is 2.50 bits per heavy atom. The van der Waals surface area contributed by atoms with Gasteiger partial charge in [-0.3, -0.25) is 4.79 Å². The summed E-state index contributed by atoms with van der Waals surface area (Å²) in [4.78, 5) is 12.0. The molecule has 4 N–H and O–H groups in total. The van der Waals surface area contributed by atoms with Crippen molar-refractivity contribution in [2.45, 2.75) is 13.8 Å². The lowest BCUT2D eigenvalue weighted by atomic mass is 9.93. The number of nitrogens with zero attached hydrogens (tertiary/aromatic N) is 1. The number of nitrogens with one attached hydrogen (secondary N) is 1. The van der Waals surface area contributed by atoms with Crippen molar-refractivity contribution in [3.05, 3.63) is 28.8 Å². The van der Waals surface area contributed by atoms with Gasteiger partial charge in [0.05, 0.1) is 10.7 Å². The SMILES string of the molecule is CC(C)C(C(=O)Nc1c(F)cc(F)cc1Cl)C(N)=NO. The zero-order chi connectivity index (χ0) is 15.4. The van der Waals surface area contributed by atoms with Crippen LogP contribution in [-0.2, 0) is 4.79 Å². The van der Waals surface area contributed by atoms with E-state index in [4.69, 9.17) is 22.5 Å². The Hall–Kier alpha value is -1.89. The van der Waals surface area contributed by atoms with E-state index in [0.29, 0.717) is 6.07 Å². The number of carbonyl (C=O) groups excluding carboxylic acids is 1. The van der Waals surface area contributed by atoms with Crippen LogP contribution in [0.15, 0.2) is 17.3 Å². The third-order valence-electron chi connectivity index (χ3n) is 2.64. The number of amides is 1. The molecule has 1 rings (SSSR count). The maximum absolute atomic E-state index is 13.6. The smallest absolute Gasteiger partial charge is 0.235 e. The molecule has 1 atom stereocenters. The van der Waals surface area contributed by atoms with Crippen molar-refractivity contribution in [1.82, 2.24) is 0 Å². The van der Waals surface area contributed by atoms with Crippen LogP contribution in [-0.4, -0.2) is 17.0 Å². The maximum atomic E-state index is 13.6. The highest BCUT2D eigenvalue weighted by Crippen LogP contribution is 2.27. The van der Waals surface area contributed by atoms with Gasteiger partial charge in [0.1, 0.15) is 11.7 Å². The topological polar surface area (TPSA) is 87.7 Å². The number of amidine groups is 1. The third kappa shape index (κ3) is 3.57. The molecule has 0 aromatic heterocycles. The molecule has 0 spiro atoms. The van der Waals surface area contributed by atoms with Gasteiger partial charge in [0.15, 0.2) is 11.7 Å². The van der Waals surface area contributed by atoms with E-state index in [9.17, 15) is 13.6 Å². The van der Waals surface area contributed by atoms with Crippen LogP contribution in [0.25, 0.3) is 0 Å². The summed E-state index contributed by atoms with van der Waals surface area (Å²) in [6.07, 6.45) is 0. The predicted molar refractivity (Wildman–Crippen MR) is 71.7 cm³/mol. The van der Waals surface area contributed by atoms with E-state index in [1.165, 1.54) is 0 Å². The van der Waals surface area contributed by atoms with Gasteiger partial charge >= 0.3 is 0 Å². The van der Waals surface area contributed by atoms with E-state index in [-0.39, 0.29) is 22.5 Å². The van der Waals surface area contributed by atoms with Crippen LogP contribution in [0, 0.1) is 23.5 Å². The number of carbonyl (C=O) groups is 1. The van der Waals surface area contributed by atoms with Crippen LogP contribution < -0.4 is 11.1 Å². The fourth-order valence-corrected chi connectivity index (χ4v) is 1.95. The summed E-state index contributed by atoms with van der Waals surface area (Å²) in [5.74, 6) is -4.15. The van der Waals surface area contributed by atoms with E-state index in [1.54, 1.807) is 13.8 Å². The summed E-state index contributed by atoms with van der Waals surface area (Å²) in [6.45, 7) is 3.34. The second kappa shape index (κ2) is 6.51. The van der Waals surface area contributed by atoms with Crippen molar-refractivity contribution in [2.24, 2.45) is 22.7 Å². The molecule has 110 valence electrons. The molecule has 0 fully saturated rings. The highest BCUT2D eigenvalue weighted by molar-refractivity contribution is 6.33. The first-order valence-electron chi connectivity index (χ1n) is 5.70. The molecule has 8 heteroatoms. The quantitative estimate of drug-likeness (QED) is 0.346. The highest BCUT2D eigenvalue weighted by Gasteiger charge is 2.28. The largest absolute Gasteiger partial charge is 0.409 e. The Labute approximate surface area is 119 Å². The molecular formula is C12H14ClF2N3O2. The molecule has 20 heavy (non-hydrogen) atoms. The van der Waals surface area contributed by atoms with Gasteiger partial charge in [-0.2, -0.15) is 0 Å². The maximum Gasteiger partial charge on any atom is 0.235 e. The Balaban J connectivity index is 3.06. The minimum atomic E-state index is -1.01. The lowest BCUT2D eigenvalue weighted by molar-refractivity contribution is -0.119. The summed E-state index contributed by atoms with van der Waals surface area (Å²) in [7, 11) is 0. The van der Waals surface area contributed by atoms with Crippen molar-refractivity contribution in [3.8, 4) is 0 Å². The Bertz CT molecular complexity index is 526. The lowest BCUT2D eigenvalue weighted by Gasteiger charge is -2.19. The Morgan fingerprint density at radius 2 is 2.05 bits per heavy atom. The minimum absolute atomic E-state index is 0.280. The van der Waals surface area contributed by atoms with Gasteiger partial charge in [-0.25, -0.2) is 8.78 Å². The van der Waals surface area contributed by atoms with Crippen molar-refractivity contribution in [1.29, 1.82) is 0 Å². The fourth-order valence-electron chi connectivity index (χ4n) is 1.70. The number of hydrogen-bond acceptors (Lipinski definition) is 3. The van der Waals surface area contributed by atoms with Crippen molar-refractivity contribution >= 4 is 29.0 Å². The molecule has 0 saturated carbocycles. The lowest BCUT2D eigenvalue weighted by Crippen LogP contribution is -2.38. The standard InChI is InChI=1S/C12H14ClF2N3O2/c1-5(2)9(11(16)18-20)12(19)17-10-7(13)3-6(14)4-8(10)15/h3-5,9,20H,1-2H3,(H2,16,18)(H,17,19). The van der Waals surface area contributed by atoms with Crippen LogP contribution in [0.3, 0.4) is 0 Å². The molecule has 1 unspecified atom stereocenters. The summed E-state index contributed by atoms with van der Waals surface area (Å²) in [5, 5.41) is 13.4.